The second-order valence-electron chi connectivity index (χ2n) is 16.9. The molecule has 0 aliphatic carbocycles. The smallest absolute Gasteiger partial charge is 0.334 e. The number of nitrogens with one attached hydrogen (secondary N) is 3. The van der Waals surface area contributed by atoms with Gasteiger partial charge in [-0.2, -0.15) is 0 Å². The van der Waals surface area contributed by atoms with Crippen molar-refractivity contribution in [3.05, 3.63) is 58.1 Å². The summed E-state index contributed by atoms with van der Waals surface area (Å²) in [6.45, 7) is 17.0. The molecule has 0 aromatic heterocycles. The molecule has 352 valence electrons. The molecule has 1 aliphatic heterocycles. The zero-order valence-electron chi connectivity index (χ0n) is 39.2. The summed E-state index contributed by atoms with van der Waals surface area (Å²) in [7, 11) is 2.84. The molecule has 1 aromatic carbocycles. The number of hydrogen-bond acceptors (Lipinski definition) is 11. The van der Waals surface area contributed by atoms with Crippen LogP contribution in [0, 0.1) is 17.8 Å². The molecular formula is C46H70ClN5O10S. The maximum Gasteiger partial charge on any atom is 0.334 e. The van der Waals surface area contributed by atoms with Crippen LogP contribution in [0.1, 0.15) is 94.1 Å². The van der Waals surface area contributed by atoms with Gasteiger partial charge in [-0.1, -0.05) is 76.9 Å². The lowest BCUT2D eigenvalue weighted by atomic mass is 9.90. The maximum absolute atomic E-state index is 14.2. The number of hydrogen-bond donors (Lipinski definition) is 3. The van der Waals surface area contributed by atoms with Crippen LogP contribution in [0.2, 0.25) is 5.02 Å². The van der Waals surface area contributed by atoms with E-state index in [1.807, 2.05) is 53.9 Å². The maximum atomic E-state index is 14.2. The van der Waals surface area contributed by atoms with E-state index in [1.165, 1.54) is 44.6 Å². The number of likely N-dealkylation sites (N-methyl/N-ethyl adjacent to an activating group) is 2. The molecule has 63 heavy (non-hydrogen) atoms. The largest absolute Gasteiger partial charge is 0.456 e. The Labute approximate surface area is 383 Å². The first-order chi connectivity index (χ1) is 29.6. The molecule has 15 nitrogen and oxygen atoms in total. The van der Waals surface area contributed by atoms with Gasteiger partial charge in [0.25, 0.3) is 5.91 Å². The Morgan fingerprint density at radius 3 is 2.13 bits per heavy atom. The fourth-order valence-corrected chi connectivity index (χ4v) is 7.35. The van der Waals surface area contributed by atoms with Crippen LogP contribution >= 0.6 is 23.4 Å². The number of carbonyl (C=O) groups excluding carboxylic acids is 7. The van der Waals surface area contributed by atoms with E-state index in [0.717, 1.165) is 10.5 Å². The molecule has 0 bridgehead atoms. The highest BCUT2D eigenvalue weighted by Gasteiger charge is 2.37. The van der Waals surface area contributed by atoms with E-state index in [2.05, 4.69) is 16.0 Å². The van der Waals surface area contributed by atoms with Gasteiger partial charge in [0.15, 0.2) is 6.10 Å². The van der Waals surface area contributed by atoms with E-state index in [9.17, 15) is 33.6 Å². The van der Waals surface area contributed by atoms with Crippen LogP contribution in [0.15, 0.2) is 47.6 Å². The molecule has 0 spiro atoms. The Balaban J connectivity index is 2.69. The van der Waals surface area contributed by atoms with Crippen LogP contribution in [-0.2, 0) is 54.2 Å². The zero-order chi connectivity index (χ0) is 47.7. The summed E-state index contributed by atoms with van der Waals surface area (Å²) in [5, 5.41) is 8.62. The number of carbonyl (C=O) groups is 7. The van der Waals surface area contributed by atoms with E-state index < -0.39 is 96.4 Å². The predicted molar refractivity (Wildman–Crippen MR) is 245 cm³/mol. The molecule has 5 amide bonds. The van der Waals surface area contributed by atoms with Gasteiger partial charge in [-0.3, -0.25) is 24.0 Å². The summed E-state index contributed by atoms with van der Waals surface area (Å²) in [5.74, 6) is -5.17. The Morgan fingerprint density at radius 2 is 1.56 bits per heavy atom. The highest BCUT2D eigenvalue weighted by Crippen LogP contribution is 2.26. The number of esters is 2. The SMILES string of the molecule is C/C=C(\C)[C@H]1OC(=O)[C@H](C)NC(=O)C(C(C)CC)NC(=O)CN(C)C(=O)[C@@H](Cc2ccc(Cl)cc2)N(C)C(=O)[C@H](C)NC(=O)[C@@H](CC(C)C)OC(=O)/C(C)=C/C[C@H](OCSC)[C@@H]1C. The summed E-state index contributed by atoms with van der Waals surface area (Å²) in [6.07, 6.45) is 3.70. The molecule has 1 aromatic rings. The number of halogens is 1. The van der Waals surface area contributed by atoms with E-state index in [4.69, 9.17) is 25.8 Å². The fourth-order valence-electron chi connectivity index (χ4n) is 6.92. The van der Waals surface area contributed by atoms with Crippen molar-refractivity contribution in [2.24, 2.45) is 17.8 Å². The number of allylic oxidation sites excluding steroid dienone is 1. The quantitative estimate of drug-likeness (QED) is 0.158. The number of nitrogens with zero attached hydrogens (tertiary/aromatic N) is 2. The Morgan fingerprint density at radius 1 is 0.937 bits per heavy atom. The van der Waals surface area contributed by atoms with Gasteiger partial charge >= 0.3 is 11.9 Å². The number of rotatable bonds is 10. The Bertz CT molecular complexity index is 1810. The molecule has 1 aliphatic rings. The van der Waals surface area contributed by atoms with Gasteiger partial charge in [-0.15, -0.1) is 11.8 Å². The minimum atomic E-state index is -1.25. The first-order valence-corrected chi connectivity index (χ1v) is 23.3. The third kappa shape index (κ3) is 16.9. The van der Waals surface area contributed by atoms with E-state index in [1.54, 1.807) is 44.2 Å². The standard InChI is InChI=1S/C46H70ClN5O10S/c1-14-27(5)39-42(55)49-32(10)46(59)62-40(28(6)15-2)30(8)36(60-25-63-13)21-16-29(7)45(58)61-37(22-26(3)4)41(54)48-31(9)43(56)52(12)35(23-33-17-19-34(47)20-18-33)44(57)51(11)24-38(53)50-39/h15-20,26-27,30-32,35-37,39-40H,14,21-25H2,1-13H3,(H,48,54)(H,49,55)(H,50,53)/b28-15+,29-16+/t27?,30-,31-,32-,35+,36-,37+,39?,40+/m0/s1. The number of benzene rings is 1. The second kappa shape index (κ2) is 26.4. The van der Waals surface area contributed by atoms with Gasteiger partial charge in [0.2, 0.25) is 23.6 Å². The van der Waals surface area contributed by atoms with Crippen LogP contribution < -0.4 is 16.0 Å². The summed E-state index contributed by atoms with van der Waals surface area (Å²) in [5.41, 5.74) is 1.62. The second-order valence-corrected chi connectivity index (χ2v) is 18.1. The molecule has 17 heteroatoms. The van der Waals surface area contributed by atoms with Gasteiger partial charge in [-0.05, 0) is 88.8 Å². The van der Waals surface area contributed by atoms with E-state index in [0.29, 0.717) is 22.9 Å². The number of amides is 5. The molecule has 1 heterocycles. The number of cyclic esters (lactones) is 2. The lowest BCUT2D eigenvalue weighted by Crippen LogP contribution is -2.57. The summed E-state index contributed by atoms with van der Waals surface area (Å²) in [4.78, 5) is 99.1. The van der Waals surface area contributed by atoms with Gasteiger partial charge in [-0.25, -0.2) is 9.59 Å². The van der Waals surface area contributed by atoms with Gasteiger partial charge in [0.05, 0.1) is 18.6 Å². The molecule has 0 saturated carbocycles. The van der Waals surface area contributed by atoms with E-state index in [-0.39, 0.29) is 36.7 Å². The van der Waals surface area contributed by atoms with E-state index >= 15 is 0 Å². The average molecular weight is 921 g/mol. The highest BCUT2D eigenvalue weighted by atomic mass is 35.5. The molecular weight excluding hydrogens is 850 g/mol. The van der Waals surface area contributed by atoms with Crippen molar-refractivity contribution in [2.45, 2.75) is 137 Å². The van der Waals surface area contributed by atoms with Gasteiger partial charge < -0.3 is 40.0 Å². The lowest BCUT2D eigenvalue weighted by molar-refractivity contribution is -0.155. The lowest BCUT2D eigenvalue weighted by Gasteiger charge is -2.33. The van der Waals surface area contributed by atoms with Crippen molar-refractivity contribution >= 4 is 64.8 Å². The highest BCUT2D eigenvalue weighted by molar-refractivity contribution is 7.98. The normalized spacial score (nSPS) is 27.8. The van der Waals surface area contributed by atoms with Crippen LogP contribution in [0.3, 0.4) is 0 Å². The monoisotopic (exact) mass is 919 g/mol. The summed E-state index contributed by atoms with van der Waals surface area (Å²) in [6, 6.07) is 2.25. The van der Waals surface area contributed by atoms with Crippen LogP contribution in [0.5, 0.6) is 0 Å². The van der Waals surface area contributed by atoms with Crippen molar-refractivity contribution in [2.75, 3.05) is 32.8 Å². The summed E-state index contributed by atoms with van der Waals surface area (Å²) < 4.78 is 18.1. The van der Waals surface area contributed by atoms with Crippen molar-refractivity contribution in [1.29, 1.82) is 0 Å². The molecule has 0 fully saturated rings. The molecule has 0 radical (unpaired) electrons. The first-order valence-electron chi connectivity index (χ1n) is 21.5. The molecule has 2 unspecified atom stereocenters. The minimum absolute atomic E-state index is 0.0341. The average Bonchev–Trinajstić information content (AvgIpc) is 3.24. The van der Waals surface area contributed by atoms with Gasteiger partial charge in [0.1, 0.15) is 30.3 Å². The number of thioether (sulfide) groups is 1. The Kier molecular flexibility index (Phi) is 22.9. The zero-order valence-corrected chi connectivity index (χ0v) is 40.8. The fraction of sp³-hybridized carbons (Fsp3) is 0.630. The van der Waals surface area contributed by atoms with Gasteiger partial charge in [0, 0.05) is 37.0 Å². The van der Waals surface area contributed by atoms with Crippen molar-refractivity contribution < 1.29 is 47.8 Å². The first kappa shape index (κ1) is 54.7. The van der Waals surface area contributed by atoms with Crippen molar-refractivity contribution in [1.82, 2.24) is 25.8 Å². The molecule has 2 rings (SSSR count). The van der Waals surface area contributed by atoms with Crippen molar-refractivity contribution in [3.63, 3.8) is 0 Å². The van der Waals surface area contributed by atoms with Crippen LogP contribution in [0.4, 0.5) is 0 Å². The third-order valence-corrected chi connectivity index (χ3v) is 11.9. The number of ether oxygens (including phenoxy) is 3. The molecule has 3 N–H and O–H groups in total. The minimum Gasteiger partial charge on any atom is -0.456 e. The van der Waals surface area contributed by atoms with Crippen LogP contribution in [0.25, 0.3) is 0 Å². The Hall–Kier alpha value is -4.41. The topological polar surface area (TPSA) is 190 Å². The van der Waals surface area contributed by atoms with Crippen LogP contribution in [-0.4, -0.2) is 127 Å². The molecule has 0 saturated heterocycles. The third-order valence-electron chi connectivity index (χ3n) is 11.3. The predicted octanol–water partition coefficient (Wildman–Crippen LogP) is 5.24. The molecule has 9 atom stereocenters. The summed E-state index contributed by atoms with van der Waals surface area (Å²) >= 11 is 7.59. The van der Waals surface area contributed by atoms with Crippen molar-refractivity contribution in [3.8, 4) is 0 Å².